The molecular formula is C25H31Cl2N3O3. The second kappa shape index (κ2) is 12.8. The molecular weight excluding hydrogens is 461 g/mol. The zero-order valence-corrected chi connectivity index (χ0v) is 20.7. The van der Waals surface area contributed by atoms with E-state index < -0.39 is 0 Å². The topological polar surface area (TPSA) is 63.7 Å². The lowest BCUT2D eigenvalue weighted by molar-refractivity contribution is -0.144. The largest absolute Gasteiger partial charge is 0.497 e. The van der Waals surface area contributed by atoms with Crippen LogP contribution in [0.5, 0.6) is 5.75 Å². The highest BCUT2D eigenvalue weighted by atomic mass is 35.5. The van der Waals surface area contributed by atoms with E-state index in [1.807, 2.05) is 36.4 Å². The van der Waals surface area contributed by atoms with Crippen molar-refractivity contribution in [1.29, 1.82) is 0 Å². The summed E-state index contributed by atoms with van der Waals surface area (Å²) >= 11 is 12.0. The number of carbonyl (C=O) groups excluding carboxylic acids is 1. The third-order valence-electron chi connectivity index (χ3n) is 5.40. The molecule has 3 rings (SSSR count). The molecule has 1 N–H and O–H groups in total. The first-order valence-corrected chi connectivity index (χ1v) is 12.2. The summed E-state index contributed by atoms with van der Waals surface area (Å²) in [5.74, 6) is 1.16. The van der Waals surface area contributed by atoms with Crippen LogP contribution in [0.2, 0.25) is 5.02 Å². The molecule has 0 amide bonds. The van der Waals surface area contributed by atoms with Gasteiger partial charge in [0.05, 0.1) is 36.9 Å². The predicted octanol–water partition coefficient (Wildman–Crippen LogP) is 5.74. The molecule has 0 aliphatic rings. The minimum absolute atomic E-state index is 0.176. The third-order valence-corrected chi connectivity index (χ3v) is 5.81. The quantitative estimate of drug-likeness (QED) is 0.142. The fraction of sp³-hybridized carbons (Fsp3) is 0.440. The molecule has 1 aromatic heterocycles. The van der Waals surface area contributed by atoms with Crippen molar-refractivity contribution in [2.24, 2.45) is 0 Å². The van der Waals surface area contributed by atoms with Gasteiger partial charge < -0.3 is 19.7 Å². The Morgan fingerprint density at radius 1 is 1.09 bits per heavy atom. The molecule has 8 heteroatoms. The fourth-order valence-electron chi connectivity index (χ4n) is 3.78. The number of pyridine rings is 1. The van der Waals surface area contributed by atoms with E-state index in [0.717, 1.165) is 52.8 Å². The van der Waals surface area contributed by atoms with Gasteiger partial charge in [0.1, 0.15) is 5.75 Å². The van der Waals surface area contributed by atoms with Crippen LogP contribution < -0.4 is 10.1 Å². The number of rotatable bonds is 13. The number of ether oxygens (including phenoxy) is 2. The van der Waals surface area contributed by atoms with E-state index in [2.05, 4.69) is 17.1 Å². The predicted molar refractivity (Wildman–Crippen MR) is 137 cm³/mol. The Morgan fingerprint density at radius 3 is 2.70 bits per heavy atom. The number of esters is 1. The summed E-state index contributed by atoms with van der Waals surface area (Å²) in [6.07, 6.45) is 2.10. The van der Waals surface area contributed by atoms with Gasteiger partial charge in [-0.05, 0) is 55.8 Å². The lowest BCUT2D eigenvalue weighted by Crippen LogP contribution is -2.29. The highest BCUT2D eigenvalue weighted by Gasteiger charge is 2.12. The van der Waals surface area contributed by atoms with Gasteiger partial charge in [0.15, 0.2) is 0 Å². The second-order valence-corrected chi connectivity index (χ2v) is 8.63. The van der Waals surface area contributed by atoms with Crippen LogP contribution in [-0.4, -0.2) is 61.6 Å². The van der Waals surface area contributed by atoms with E-state index in [0.29, 0.717) is 43.4 Å². The summed E-state index contributed by atoms with van der Waals surface area (Å²) in [5, 5.41) is 6.10. The van der Waals surface area contributed by atoms with Crippen molar-refractivity contribution in [3.63, 3.8) is 0 Å². The number of fused-ring (bicyclic) bond motifs is 2. The number of nitrogens with one attached hydrogen (secondary N) is 1. The molecule has 0 spiro atoms. The Labute approximate surface area is 205 Å². The molecule has 3 aromatic rings. The van der Waals surface area contributed by atoms with Gasteiger partial charge in [-0.15, -0.1) is 11.6 Å². The average molecular weight is 492 g/mol. The Morgan fingerprint density at radius 2 is 1.94 bits per heavy atom. The molecule has 0 aliphatic heterocycles. The monoisotopic (exact) mass is 491 g/mol. The number of methoxy groups -OCH3 is 1. The normalized spacial score (nSPS) is 11.3. The molecule has 0 saturated heterocycles. The molecule has 0 aliphatic carbocycles. The van der Waals surface area contributed by atoms with Crippen molar-refractivity contribution < 1.29 is 14.3 Å². The van der Waals surface area contributed by atoms with Crippen molar-refractivity contribution in [2.45, 2.75) is 26.2 Å². The summed E-state index contributed by atoms with van der Waals surface area (Å²) in [6.45, 7) is 5.54. The van der Waals surface area contributed by atoms with Crippen molar-refractivity contribution in [3.05, 3.63) is 41.4 Å². The van der Waals surface area contributed by atoms with Gasteiger partial charge in [-0.25, -0.2) is 4.98 Å². The number of hydrogen-bond donors (Lipinski definition) is 1. The second-order valence-electron chi connectivity index (χ2n) is 7.81. The number of anilines is 1. The van der Waals surface area contributed by atoms with Gasteiger partial charge in [0.2, 0.25) is 0 Å². The highest BCUT2D eigenvalue weighted by Crippen LogP contribution is 2.34. The smallest absolute Gasteiger partial charge is 0.307 e. The summed E-state index contributed by atoms with van der Waals surface area (Å²) in [5.41, 5.74) is 2.64. The minimum Gasteiger partial charge on any atom is -0.497 e. The van der Waals surface area contributed by atoms with Crippen LogP contribution in [0, 0.1) is 0 Å². The first-order valence-electron chi connectivity index (χ1n) is 11.3. The van der Waals surface area contributed by atoms with Crippen LogP contribution in [0.1, 0.15) is 26.2 Å². The average Bonchev–Trinajstić information content (AvgIpc) is 2.81. The van der Waals surface area contributed by atoms with E-state index in [9.17, 15) is 4.79 Å². The molecule has 0 fully saturated rings. The van der Waals surface area contributed by atoms with Gasteiger partial charge >= 0.3 is 5.97 Å². The van der Waals surface area contributed by atoms with Crippen LogP contribution in [0.15, 0.2) is 36.4 Å². The number of aromatic nitrogens is 1. The van der Waals surface area contributed by atoms with Gasteiger partial charge in [-0.2, -0.15) is 0 Å². The number of carbonyl (C=O) groups is 1. The van der Waals surface area contributed by atoms with E-state index in [4.69, 9.17) is 37.7 Å². The summed E-state index contributed by atoms with van der Waals surface area (Å²) in [7, 11) is 1.65. The Kier molecular flexibility index (Phi) is 9.85. The number of halogens is 2. The van der Waals surface area contributed by atoms with Crippen LogP contribution >= 0.6 is 23.2 Å². The maximum absolute atomic E-state index is 12.1. The molecule has 1 heterocycles. The molecule has 0 atom stereocenters. The first-order chi connectivity index (χ1) is 16.0. The molecule has 178 valence electrons. The molecule has 2 aromatic carbocycles. The number of benzene rings is 2. The van der Waals surface area contributed by atoms with Crippen LogP contribution in [0.3, 0.4) is 0 Å². The molecule has 33 heavy (non-hydrogen) atoms. The number of hydrogen-bond acceptors (Lipinski definition) is 6. The van der Waals surface area contributed by atoms with Crippen LogP contribution in [-0.2, 0) is 9.53 Å². The maximum Gasteiger partial charge on any atom is 0.307 e. The van der Waals surface area contributed by atoms with E-state index >= 15 is 0 Å². The third kappa shape index (κ3) is 7.10. The molecule has 0 saturated carbocycles. The first kappa shape index (κ1) is 25.3. The lowest BCUT2D eigenvalue weighted by atomic mass is 10.1. The fourth-order valence-corrected chi connectivity index (χ4v) is 4.18. The van der Waals surface area contributed by atoms with Gasteiger partial charge in [-0.3, -0.25) is 4.79 Å². The van der Waals surface area contributed by atoms with E-state index in [1.165, 1.54) is 0 Å². The molecule has 0 unspecified atom stereocenters. The van der Waals surface area contributed by atoms with Gasteiger partial charge in [-0.1, -0.05) is 18.5 Å². The molecule has 0 bridgehead atoms. The summed E-state index contributed by atoms with van der Waals surface area (Å²) in [6, 6.07) is 11.5. The zero-order chi connectivity index (χ0) is 23.6. The summed E-state index contributed by atoms with van der Waals surface area (Å²) < 4.78 is 10.8. The van der Waals surface area contributed by atoms with Crippen molar-refractivity contribution in [3.8, 4) is 5.75 Å². The van der Waals surface area contributed by atoms with Crippen LogP contribution in [0.4, 0.5) is 5.69 Å². The zero-order valence-electron chi connectivity index (χ0n) is 19.2. The van der Waals surface area contributed by atoms with E-state index in [-0.39, 0.29) is 5.97 Å². The van der Waals surface area contributed by atoms with Gasteiger partial charge in [0, 0.05) is 41.3 Å². The molecule has 6 nitrogen and oxygen atoms in total. The standard InChI is InChI=1S/C25H31Cl2N3O3/c1-3-12-30(14-10-26)13-9-24(31)33-15-4-11-28-25-20-7-5-18(27)16-23(20)29-22-8-6-19(32-2)17-21(22)25/h5-8,16-17H,3-4,9-15H2,1-2H3,(H,28,29). The van der Waals surface area contributed by atoms with Crippen molar-refractivity contribution >= 4 is 56.7 Å². The summed E-state index contributed by atoms with van der Waals surface area (Å²) in [4.78, 5) is 19.0. The SMILES string of the molecule is CCCN(CCCl)CCC(=O)OCCCNc1c2ccc(Cl)cc2nc2ccc(OC)cc12. The Bertz CT molecular complexity index is 1070. The Hall–Kier alpha value is -2.28. The van der Waals surface area contributed by atoms with Crippen molar-refractivity contribution in [1.82, 2.24) is 9.88 Å². The maximum atomic E-state index is 12.1. The van der Waals surface area contributed by atoms with Crippen molar-refractivity contribution in [2.75, 3.05) is 51.1 Å². The molecule has 0 radical (unpaired) electrons. The highest BCUT2D eigenvalue weighted by molar-refractivity contribution is 6.31. The lowest BCUT2D eigenvalue weighted by Gasteiger charge is -2.19. The Balaban J connectivity index is 1.59. The van der Waals surface area contributed by atoms with Crippen LogP contribution in [0.25, 0.3) is 21.8 Å². The number of alkyl halides is 1. The van der Waals surface area contributed by atoms with E-state index in [1.54, 1.807) is 7.11 Å². The minimum atomic E-state index is -0.176. The number of nitrogens with zero attached hydrogens (tertiary/aromatic N) is 2. The van der Waals surface area contributed by atoms with Gasteiger partial charge in [0.25, 0.3) is 0 Å².